The molecule has 0 unspecified atom stereocenters. The van der Waals surface area contributed by atoms with Crippen molar-refractivity contribution >= 4 is 23.4 Å². The minimum Gasteiger partial charge on any atom is -0.462 e. The molecule has 170 valence electrons. The van der Waals surface area contributed by atoms with E-state index in [1.54, 1.807) is 43.3 Å². The predicted octanol–water partition coefficient (Wildman–Crippen LogP) is 4.31. The summed E-state index contributed by atoms with van der Waals surface area (Å²) in [4.78, 5) is 26.5. The molecule has 0 bridgehead atoms. The highest BCUT2D eigenvalue weighted by Gasteiger charge is 2.26. The van der Waals surface area contributed by atoms with Gasteiger partial charge in [-0.15, -0.1) is 10.2 Å². The number of halogens is 1. The molecule has 1 N–H and O–H groups in total. The lowest BCUT2D eigenvalue weighted by Crippen LogP contribution is -2.38. The van der Waals surface area contributed by atoms with Crippen LogP contribution in [-0.4, -0.2) is 41.8 Å². The zero-order valence-electron chi connectivity index (χ0n) is 18.3. The number of ether oxygens (including phenoxy) is 1. The first-order chi connectivity index (χ1) is 16.0. The molecular weight excluding hydrogens is 423 g/mol. The lowest BCUT2D eigenvalue weighted by atomic mass is 9.95. The molecule has 0 atom stereocenters. The van der Waals surface area contributed by atoms with Crippen LogP contribution in [0.15, 0.2) is 60.7 Å². The Morgan fingerprint density at radius 1 is 1.00 bits per heavy atom. The molecule has 1 fully saturated rings. The van der Waals surface area contributed by atoms with E-state index in [0.717, 1.165) is 11.4 Å². The number of aromatic nitrogens is 2. The maximum absolute atomic E-state index is 13.1. The van der Waals surface area contributed by atoms with Gasteiger partial charge >= 0.3 is 5.97 Å². The molecule has 1 aromatic heterocycles. The molecule has 1 aliphatic rings. The number of hydrogen-bond acceptors (Lipinski definition) is 6. The predicted molar refractivity (Wildman–Crippen MR) is 123 cm³/mol. The van der Waals surface area contributed by atoms with Crippen LogP contribution in [0, 0.1) is 11.7 Å². The van der Waals surface area contributed by atoms with Crippen molar-refractivity contribution in [3.05, 3.63) is 72.0 Å². The summed E-state index contributed by atoms with van der Waals surface area (Å²) in [5.41, 5.74) is 2.59. The minimum absolute atomic E-state index is 0.0312. The molecule has 4 rings (SSSR count). The van der Waals surface area contributed by atoms with Crippen LogP contribution in [-0.2, 0) is 9.53 Å². The summed E-state index contributed by atoms with van der Waals surface area (Å²) in [5, 5.41) is 11.5. The Kier molecular flexibility index (Phi) is 6.92. The number of amides is 1. The van der Waals surface area contributed by atoms with Crippen LogP contribution in [0.25, 0.3) is 11.3 Å². The number of benzene rings is 2. The minimum atomic E-state index is -0.378. The highest BCUT2D eigenvalue weighted by Crippen LogP contribution is 2.24. The van der Waals surface area contributed by atoms with Gasteiger partial charge in [0.15, 0.2) is 5.82 Å². The number of anilines is 2. The van der Waals surface area contributed by atoms with Crippen molar-refractivity contribution in [2.45, 2.75) is 19.8 Å². The second-order valence-corrected chi connectivity index (χ2v) is 7.83. The van der Waals surface area contributed by atoms with E-state index in [0.29, 0.717) is 49.5 Å². The topological polar surface area (TPSA) is 84.4 Å². The molecule has 2 aromatic carbocycles. The molecule has 8 heteroatoms. The van der Waals surface area contributed by atoms with E-state index in [4.69, 9.17) is 4.74 Å². The van der Waals surface area contributed by atoms with Crippen LogP contribution in [0.4, 0.5) is 15.9 Å². The lowest BCUT2D eigenvalue weighted by Gasteiger charge is -2.31. The normalized spacial score (nSPS) is 14.1. The molecule has 1 aliphatic heterocycles. The van der Waals surface area contributed by atoms with Crippen molar-refractivity contribution in [2.24, 2.45) is 5.92 Å². The fraction of sp³-hybridized carbons (Fsp3) is 0.280. The summed E-state index contributed by atoms with van der Waals surface area (Å²) in [6.45, 7) is 3.47. The van der Waals surface area contributed by atoms with Crippen LogP contribution >= 0.6 is 0 Å². The van der Waals surface area contributed by atoms with Gasteiger partial charge in [0.2, 0.25) is 5.91 Å². The first kappa shape index (κ1) is 22.4. The highest BCUT2D eigenvalue weighted by atomic mass is 19.1. The van der Waals surface area contributed by atoms with E-state index < -0.39 is 0 Å². The number of nitrogens with one attached hydrogen (secondary N) is 1. The van der Waals surface area contributed by atoms with E-state index in [2.05, 4.69) is 20.4 Å². The van der Waals surface area contributed by atoms with E-state index in [9.17, 15) is 14.0 Å². The van der Waals surface area contributed by atoms with Crippen LogP contribution in [0.1, 0.15) is 30.1 Å². The second-order valence-electron chi connectivity index (χ2n) is 7.83. The number of carbonyl (C=O) groups is 2. The summed E-state index contributed by atoms with van der Waals surface area (Å²) in [5.74, 6) is -0.0385. The van der Waals surface area contributed by atoms with Crippen molar-refractivity contribution in [3.8, 4) is 11.3 Å². The van der Waals surface area contributed by atoms with Gasteiger partial charge in [0.1, 0.15) is 5.82 Å². The summed E-state index contributed by atoms with van der Waals surface area (Å²) in [7, 11) is 0. The largest absolute Gasteiger partial charge is 0.462 e. The number of nitrogens with zero attached hydrogens (tertiary/aromatic N) is 3. The van der Waals surface area contributed by atoms with E-state index in [1.807, 2.05) is 12.1 Å². The van der Waals surface area contributed by atoms with Crippen molar-refractivity contribution in [3.63, 3.8) is 0 Å². The van der Waals surface area contributed by atoms with Crippen LogP contribution in [0.5, 0.6) is 0 Å². The fourth-order valence-corrected chi connectivity index (χ4v) is 3.79. The van der Waals surface area contributed by atoms with Gasteiger partial charge in [0.05, 0.1) is 17.9 Å². The third-order valence-electron chi connectivity index (χ3n) is 5.64. The van der Waals surface area contributed by atoms with Crippen LogP contribution in [0.3, 0.4) is 0 Å². The van der Waals surface area contributed by atoms with Crippen LogP contribution in [0.2, 0.25) is 0 Å². The summed E-state index contributed by atoms with van der Waals surface area (Å²) in [6, 6.07) is 16.6. The van der Waals surface area contributed by atoms with Crippen molar-refractivity contribution < 1.29 is 18.7 Å². The molecule has 0 aliphatic carbocycles. The molecule has 0 spiro atoms. The van der Waals surface area contributed by atoms with Crippen molar-refractivity contribution in [2.75, 3.05) is 29.9 Å². The Labute approximate surface area is 191 Å². The maximum Gasteiger partial charge on any atom is 0.338 e. The molecule has 2 heterocycles. The molecule has 7 nitrogen and oxygen atoms in total. The number of esters is 1. The van der Waals surface area contributed by atoms with Crippen molar-refractivity contribution in [1.82, 2.24) is 10.2 Å². The molecule has 1 saturated heterocycles. The Hall–Kier alpha value is -3.81. The molecular formula is C25H25FN4O3. The van der Waals surface area contributed by atoms with Crippen molar-refractivity contribution in [1.29, 1.82) is 0 Å². The monoisotopic (exact) mass is 448 g/mol. The molecule has 3 aromatic rings. The highest BCUT2D eigenvalue weighted by molar-refractivity contribution is 5.94. The van der Waals surface area contributed by atoms with Gasteiger partial charge in [-0.25, -0.2) is 9.18 Å². The zero-order chi connectivity index (χ0) is 23.2. The maximum atomic E-state index is 13.1. The molecule has 1 amide bonds. The molecule has 33 heavy (non-hydrogen) atoms. The lowest BCUT2D eigenvalue weighted by molar-refractivity contribution is -0.120. The fourth-order valence-electron chi connectivity index (χ4n) is 3.79. The number of rotatable bonds is 6. The quantitative estimate of drug-likeness (QED) is 0.566. The summed E-state index contributed by atoms with van der Waals surface area (Å²) < 4.78 is 18.1. The third kappa shape index (κ3) is 5.52. The zero-order valence-corrected chi connectivity index (χ0v) is 18.3. The average molecular weight is 448 g/mol. The van der Waals surface area contributed by atoms with E-state index >= 15 is 0 Å². The average Bonchev–Trinajstić information content (AvgIpc) is 2.85. The summed E-state index contributed by atoms with van der Waals surface area (Å²) in [6.07, 6.45) is 1.41. The Morgan fingerprint density at radius 3 is 2.30 bits per heavy atom. The van der Waals surface area contributed by atoms with Crippen LogP contribution < -0.4 is 10.2 Å². The smallest absolute Gasteiger partial charge is 0.338 e. The van der Waals surface area contributed by atoms with Gasteiger partial charge in [-0.3, -0.25) is 4.79 Å². The van der Waals surface area contributed by atoms with Gasteiger partial charge in [-0.05, 0) is 80.4 Å². The third-order valence-corrected chi connectivity index (χ3v) is 5.64. The number of hydrogen-bond donors (Lipinski definition) is 1. The van der Waals surface area contributed by atoms with Gasteiger partial charge in [-0.1, -0.05) is 0 Å². The Bertz CT molecular complexity index is 1090. The standard InChI is InChI=1S/C25H25FN4O3/c1-2-33-25(32)19-5-9-21(10-6-19)27-24(31)18-13-15-30(16-14-18)23-12-11-22(28-29-23)17-3-7-20(26)8-4-17/h3-12,18H,2,13-16H2,1H3,(H,27,31). The van der Waals surface area contributed by atoms with Gasteiger partial charge in [0, 0.05) is 30.3 Å². The van der Waals surface area contributed by atoms with Gasteiger partial charge < -0.3 is 15.0 Å². The van der Waals surface area contributed by atoms with E-state index in [1.165, 1.54) is 12.1 Å². The second kappa shape index (κ2) is 10.2. The Morgan fingerprint density at radius 2 is 1.70 bits per heavy atom. The SMILES string of the molecule is CCOC(=O)c1ccc(NC(=O)C2CCN(c3ccc(-c4ccc(F)cc4)nn3)CC2)cc1. The number of piperidine rings is 1. The molecule has 0 radical (unpaired) electrons. The number of carbonyl (C=O) groups excluding carboxylic acids is 2. The first-order valence-electron chi connectivity index (χ1n) is 11.0. The molecule has 0 saturated carbocycles. The van der Waals surface area contributed by atoms with E-state index in [-0.39, 0.29) is 23.6 Å². The Balaban J connectivity index is 1.30. The first-order valence-corrected chi connectivity index (χ1v) is 11.0. The summed E-state index contributed by atoms with van der Waals surface area (Å²) >= 11 is 0. The van der Waals surface area contributed by atoms with Gasteiger partial charge in [0.25, 0.3) is 0 Å². The van der Waals surface area contributed by atoms with Gasteiger partial charge in [-0.2, -0.15) is 0 Å².